The van der Waals surface area contributed by atoms with Crippen LogP contribution in [0, 0.1) is 0 Å². The third kappa shape index (κ3) is 3.53. The van der Waals surface area contributed by atoms with E-state index in [9.17, 15) is 0 Å². The molecule has 17 heavy (non-hydrogen) atoms. The molecule has 0 saturated carbocycles. The van der Waals surface area contributed by atoms with Gasteiger partial charge in [0, 0.05) is 11.9 Å². The molecule has 0 aliphatic carbocycles. The molecule has 5 heteroatoms. The Morgan fingerprint density at radius 3 is 2.76 bits per heavy atom. The van der Waals surface area contributed by atoms with E-state index in [-0.39, 0.29) is 5.38 Å². The molecule has 90 valence electrons. The van der Waals surface area contributed by atoms with Gasteiger partial charge in [-0.25, -0.2) is 4.98 Å². The minimum Gasteiger partial charge on any atom is -0.353 e. The first-order valence-electron chi connectivity index (χ1n) is 5.73. The summed E-state index contributed by atoms with van der Waals surface area (Å²) in [6.07, 6.45) is 1.98. The van der Waals surface area contributed by atoms with E-state index in [4.69, 9.17) is 11.6 Å². The molecule has 0 spiro atoms. The van der Waals surface area contributed by atoms with Crippen LogP contribution < -0.4 is 5.32 Å². The van der Waals surface area contributed by atoms with Gasteiger partial charge < -0.3 is 5.32 Å². The molecule has 4 nitrogen and oxygen atoms in total. The predicted molar refractivity (Wildman–Crippen MR) is 70.4 cm³/mol. The van der Waals surface area contributed by atoms with Gasteiger partial charge >= 0.3 is 0 Å². The van der Waals surface area contributed by atoms with Gasteiger partial charge in [-0.1, -0.05) is 12.1 Å². The van der Waals surface area contributed by atoms with E-state index in [1.165, 1.54) is 0 Å². The fourth-order valence-corrected chi connectivity index (χ4v) is 1.69. The lowest BCUT2D eigenvalue weighted by Crippen LogP contribution is -2.07. The van der Waals surface area contributed by atoms with Crippen LogP contribution in [0.4, 0.5) is 5.95 Å². The van der Waals surface area contributed by atoms with E-state index >= 15 is 0 Å². The average molecular weight is 251 g/mol. The molecule has 0 fully saturated rings. The van der Waals surface area contributed by atoms with Crippen molar-refractivity contribution in [3.05, 3.63) is 24.3 Å². The Labute approximate surface area is 105 Å². The number of anilines is 1. The fraction of sp³-hybridized carbons (Fsp3) is 0.417. The molecule has 0 saturated heterocycles. The number of fused-ring (bicyclic) bond motifs is 1. The van der Waals surface area contributed by atoms with Gasteiger partial charge in [0.1, 0.15) is 5.52 Å². The van der Waals surface area contributed by atoms with Crippen LogP contribution in [0.15, 0.2) is 24.3 Å². The Hall–Kier alpha value is -1.42. The standard InChI is InChI=1S/C12H15ClN4/c1-9(13)5-4-8-14-12-15-10-6-2-3-7-11(10)16-17-12/h2-3,6-7,9H,4-5,8H2,1H3,(H,14,15,17). The second kappa shape index (κ2) is 5.77. The minimum atomic E-state index is 0.215. The second-order valence-corrected chi connectivity index (χ2v) is 4.72. The summed E-state index contributed by atoms with van der Waals surface area (Å²) in [6, 6.07) is 7.69. The van der Waals surface area contributed by atoms with Crippen LogP contribution >= 0.6 is 11.6 Å². The molecule has 1 heterocycles. The van der Waals surface area contributed by atoms with Crippen LogP contribution in [0.1, 0.15) is 19.8 Å². The smallest absolute Gasteiger partial charge is 0.243 e. The summed E-state index contributed by atoms with van der Waals surface area (Å²) >= 11 is 5.87. The first-order valence-corrected chi connectivity index (χ1v) is 6.17. The number of aromatic nitrogens is 3. The van der Waals surface area contributed by atoms with Crippen LogP contribution in [-0.4, -0.2) is 27.1 Å². The van der Waals surface area contributed by atoms with Crippen LogP contribution in [-0.2, 0) is 0 Å². The molecule has 0 aliphatic rings. The molecular formula is C12H15ClN4. The molecule has 2 aromatic rings. The lowest BCUT2D eigenvalue weighted by atomic mass is 10.2. The van der Waals surface area contributed by atoms with Gasteiger partial charge in [-0.05, 0) is 31.9 Å². The van der Waals surface area contributed by atoms with Gasteiger partial charge in [0.15, 0.2) is 0 Å². The maximum absolute atomic E-state index is 5.87. The van der Waals surface area contributed by atoms with Gasteiger partial charge in [0.25, 0.3) is 0 Å². The van der Waals surface area contributed by atoms with Gasteiger partial charge in [0.2, 0.25) is 5.95 Å². The first-order chi connectivity index (χ1) is 8.25. The Balaban J connectivity index is 1.95. The monoisotopic (exact) mass is 250 g/mol. The number of hydrogen-bond acceptors (Lipinski definition) is 4. The van der Waals surface area contributed by atoms with E-state index in [1.54, 1.807) is 0 Å². The Morgan fingerprint density at radius 1 is 1.24 bits per heavy atom. The molecule has 1 N–H and O–H groups in total. The quantitative estimate of drug-likeness (QED) is 0.655. The summed E-state index contributed by atoms with van der Waals surface area (Å²) in [4.78, 5) is 4.37. The van der Waals surface area contributed by atoms with E-state index in [0.29, 0.717) is 5.95 Å². The summed E-state index contributed by atoms with van der Waals surface area (Å²) in [5.74, 6) is 0.575. The molecule has 2 rings (SSSR count). The van der Waals surface area contributed by atoms with Crippen LogP contribution in [0.2, 0.25) is 0 Å². The van der Waals surface area contributed by atoms with Crippen molar-refractivity contribution in [2.75, 3.05) is 11.9 Å². The summed E-state index contributed by atoms with van der Waals surface area (Å²) in [6.45, 7) is 2.81. The van der Waals surface area contributed by atoms with Crippen LogP contribution in [0.5, 0.6) is 0 Å². The number of nitrogens with one attached hydrogen (secondary N) is 1. The summed E-state index contributed by atoms with van der Waals surface area (Å²) in [5, 5.41) is 11.5. The van der Waals surface area contributed by atoms with Crippen molar-refractivity contribution in [1.29, 1.82) is 0 Å². The first kappa shape index (κ1) is 12.0. The van der Waals surface area contributed by atoms with Gasteiger partial charge in [-0.15, -0.1) is 21.8 Å². The highest BCUT2D eigenvalue weighted by Gasteiger charge is 2.00. The van der Waals surface area contributed by atoms with E-state index < -0.39 is 0 Å². The number of nitrogens with zero attached hydrogens (tertiary/aromatic N) is 3. The number of hydrogen-bond donors (Lipinski definition) is 1. The molecule has 0 aliphatic heterocycles. The van der Waals surface area contributed by atoms with Gasteiger partial charge in [-0.3, -0.25) is 0 Å². The number of benzene rings is 1. The van der Waals surface area contributed by atoms with Gasteiger partial charge in [-0.2, -0.15) is 0 Å². The highest BCUT2D eigenvalue weighted by Crippen LogP contribution is 2.09. The lowest BCUT2D eigenvalue weighted by Gasteiger charge is -2.05. The van der Waals surface area contributed by atoms with Gasteiger partial charge in [0.05, 0.1) is 5.52 Å². The lowest BCUT2D eigenvalue weighted by molar-refractivity contribution is 0.746. The van der Waals surface area contributed by atoms with Crippen molar-refractivity contribution in [1.82, 2.24) is 15.2 Å². The maximum Gasteiger partial charge on any atom is 0.243 e. The average Bonchev–Trinajstić information content (AvgIpc) is 2.34. The van der Waals surface area contributed by atoms with Crippen molar-refractivity contribution >= 4 is 28.6 Å². The largest absolute Gasteiger partial charge is 0.353 e. The zero-order chi connectivity index (χ0) is 12.1. The molecule has 0 amide bonds. The molecule has 1 aromatic heterocycles. The molecule has 1 aromatic carbocycles. The SMILES string of the molecule is CC(Cl)CCCNc1nnc2ccccc2n1. The minimum absolute atomic E-state index is 0.215. The van der Waals surface area contributed by atoms with Crippen molar-refractivity contribution in [3.8, 4) is 0 Å². The van der Waals surface area contributed by atoms with Crippen molar-refractivity contribution in [2.45, 2.75) is 25.1 Å². The van der Waals surface area contributed by atoms with E-state index in [1.807, 2.05) is 31.2 Å². The zero-order valence-corrected chi connectivity index (χ0v) is 10.5. The summed E-state index contributed by atoms with van der Waals surface area (Å²) in [5.41, 5.74) is 1.67. The van der Waals surface area contributed by atoms with Crippen molar-refractivity contribution in [3.63, 3.8) is 0 Å². The van der Waals surface area contributed by atoms with E-state index in [2.05, 4.69) is 20.5 Å². The predicted octanol–water partition coefficient (Wildman–Crippen LogP) is 2.84. The second-order valence-electron chi connectivity index (χ2n) is 3.97. The van der Waals surface area contributed by atoms with E-state index in [0.717, 1.165) is 30.4 Å². The third-order valence-corrected chi connectivity index (χ3v) is 2.64. The van der Waals surface area contributed by atoms with Crippen molar-refractivity contribution in [2.24, 2.45) is 0 Å². The highest BCUT2D eigenvalue weighted by molar-refractivity contribution is 6.20. The molecule has 1 atom stereocenters. The Morgan fingerprint density at radius 2 is 2.00 bits per heavy atom. The zero-order valence-electron chi connectivity index (χ0n) is 9.73. The molecule has 1 unspecified atom stereocenters. The van der Waals surface area contributed by atoms with Crippen LogP contribution in [0.25, 0.3) is 11.0 Å². The number of rotatable bonds is 5. The summed E-state index contributed by atoms with van der Waals surface area (Å²) < 4.78 is 0. The maximum atomic E-state index is 5.87. The summed E-state index contributed by atoms with van der Waals surface area (Å²) in [7, 11) is 0. The Bertz CT molecular complexity index is 487. The molecule has 0 bridgehead atoms. The number of para-hydroxylation sites is 1. The van der Waals surface area contributed by atoms with Crippen LogP contribution in [0.3, 0.4) is 0 Å². The normalized spacial score (nSPS) is 12.6. The fourth-order valence-electron chi connectivity index (χ4n) is 1.54. The Kier molecular flexibility index (Phi) is 4.09. The van der Waals surface area contributed by atoms with Crippen molar-refractivity contribution < 1.29 is 0 Å². The number of alkyl halides is 1. The molecule has 0 radical (unpaired) electrons. The third-order valence-electron chi connectivity index (χ3n) is 2.42. The topological polar surface area (TPSA) is 50.7 Å². The number of halogens is 1. The highest BCUT2D eigenvalue weighted by atomic mass is 35.5. The molecular weight excluding hydrogens is 236 g/mol.